The third-order valence-corrected chi connectivity index (χ3v) is 5.36. The molecule has 0 aliphatic heterocycles. The second-order valence-corrected chi connectivity index (χ2v) is 7.65. The van der Waals surface area contributed by atoms with Crippen molar-refractivity contribution in [3.05, 3.63) is 64.1 Å². The number of esters is 1. The second kappa shape index (κ2) is 8.88. The first kappa shape index (κ1) is 21.8. The smallest absolute Gasteiger partial charge is 0.313 e. The lowest BCUT2D eigenvalue weighted by molar-refractivity contribution is -0.145. The number of aromatic nitrogens is 1. The zero-order valence-corrected chi connectivity index (χ0v) is 17.8. The molecule has 0 radical (unpaired) electrons. The molecular weight excluding hydrogens is 409 g/mol. The van der Waals surface area contributed by atoms with Crippen LogP contribution in [0.1, 0.15) is 54.2 Å². The van der Waals surface area contributed by atoms with Crippen LogP contribution in [0.5, 0.6) is 5.75 Å². The zero-order chi connectivity index (χ0) is 22.0. The van der Waals surface area contributed by atoms with Gasteiger partial charge in [-0.15, -0.1) is 0 Å². The van der Waals surface area contributed by atoms with Gasteiger partial charge in [-0.05, 0) is 50.1 Å². The molecule has 0 fully saturated rings. The summed E-state index contributed by atoms with van der Waals surface area (Å²) in [5, 5.41) is 10.7. The number of hydrogen-bond donors (Lipinski definition) is 1. The van der Waals surface area contributed by atoms with Gasteiger partial charge in [0.2, 0.25) is 0 Å². The predicted octanol–water partition coefficient (Wildman–Crippen LogP) is 5.58. The lowest BCUT2D eigenvalue weighted by Gasteiger charge is -2.13. The standard InChI is InChI=1S/C23H23ClFNO4/c1-4-5-9-30-23(29)13(2)21-14(3)26(19-12-18(25)20(27)11-17(19)21)22(28)15-7-6-8-16(24)10-15/h6-8,10-13,27H,4-5,9H2,1-3H3. The molecule has 0 saturated carbocycles. The largest absolute Gasteiger partial charge is 0.505 e. The molecule has 0 aliphatic rings. The van der Waals surface area contributed by atoms with Crippen LogP contribution in [0.4, 0.5) is 4.39 Å². The molecule has 0 saturated heterocycles. The topological polar surface area (TPSA) is 68.5 Å². The summed E-state index contributed by atoms with van der Waals surface area (Å²) < 4.78 is 20.9. The first-order chi connectivity index (χ1) is 14.3. The lowest BCUT2D eigenvalue weighted by atomic mass is 9.98. The quantitative estimate of drug-likeness (QED) is 0.408. The molecular formula is C23H23ClFNO4. The Balaban J connectivity index is 2.17. The minimum Gasteiger partial charge on any atom is -0.505 e. The van der Waals surface area contributed by atoms with Gasteiger partial charge in [-0.25, -0.2) is 4.39 Å². The molecule has 0 aliphatic carbocycles. The Labute approximate surface area is 179 Å². The molecule has 1 N–H and O–H groups in total. The van der Waals surface area contributed by atoms with Gasteiger partial charge in [0.25, 0.3) is 5.91 Å². The van der Waals surface area contributed by atoms with Gasteiger partial charge in [0, 0.05) is 27.7 Å². The lowest BCUT2D eigenvalue weighted by Crippen LogP contribution is -2.17. The van der Waals surface area contributed by atoms with Crippen LogP contribution in [0.15, 0.2) is 36.4 Å². The number of benzene rings is 2. The van der Waals surface area contributed by atoms with Crippen molar-refractivity contribution in [1.82, 2.24) is 4.57 Å². The van der Waals surface area contributed by atoms with Gasteiger partial charge < -0.3 is 9.84 Å². The average molecular weight is 432 g/mol. The monoisotopic (exact) mass is 431 g/mol. The fraction of sp³-hybridized carbons (Fsp3) is 0.304. The highest BCUT2D eigenvalue weighted by atomic mass is 35.5. The molecule has 3 aromatic rings. The van der Waals surface area contributed by atoms with E-state index in [0.717, 1.165) is 18.9 Å². The van der Waals surface area contributed by atoms with E-state index in [2.05, 4.69) is 0 Å². The molecule has 158 valence electrons. The molecule has 0 spiro atoms. The van der Waals surface area contributed by atoms with Crippen LogP contribution in [0.2, 0.25) is 5.02 Å². The van der Waals surface area contributed by atoms with Crippen LogP contribution in [0, 0.1) is 12.7 Å². The number of nitrogens with zero attached hydrogens (tertiary/aromatic N) is 1. The molecule has 2 aromatic carbocycles. The van der Waals surface area contributed by atoms with E-state index in [1.165, 1.54) is 16.7 Å². The molecule has 1 unspecified atom stereocenters. The van der Waals surface area contributed by atoms with Crippen LogP contribution in [-0.4, -0.2) is 28.2 Å². The molecule has 30 heavy (non-hydrogen) atoms. The Bertz CT molecular complexity index is 1120. The highest BCUT2D eigenvalue weighted by Crippen LogP contribution is 2.36. The van der Waals surface area contributed by atoms with Crippen LogP contribution >= 0.6 is 11.6 Å². The van der Waals surface area contributed by atoms with Crippen LogP contribution < -0.4 is 0 Å². The van der Waals surface area contributed by atoms with E-state index in [1.54, 1.807) is 32.0 Å². The first-order valence-corrected chi connectivity index (χ1v) is 10.1. The third kappa shape index (κ3) is 4.05. The summed E-state index contributed by atoms with van der Waals surface area (Å²) in [6, 6.07) is 8.77. The van der Waals surface area contributed by atoms with Crippen molar-refractivity contribution in [1.29, 1.82) is 0 Å². The predicted molar refractivity (Wildman–Crippen MR) is 114 cm³/mol. The van der Waals surface area contributed by atoms with E-state index in [9.17, 15) is 19.1 Å². The summed E-state index contributed by atoms with van der Waals surface area (Å²) in [6.07, 6.45) is 1.64. The number of aromatic hydroxyl groups is 1. The van der Waals surface area contributed by atoms with Gasteiger partial charge in [-0.1, -0.05) is 31.0 Å². The Morgan fingerprint density at radius 2 is 2.00 bits per heavy atom. The Hall–Kier alpha value is -2.86. The summed E-state index contributed by atoms with van der Waals surface area (Å²) in [5.74, 6) is -2.97. The van der Waals surface area contributed by atoms with Crippen molar-refractivity contribution in [3.63, 3.8) is 0 Å². The van der Waals surface area contributed by atoms with E-state index in [1.807, 2.05) is 6.92 Å². The molecule has 5 nitrogen and oxygen atoms in total. The normalized spacial score (nSPS) is 12.2. The minimum absolute atomic E-state index is 0.260. The van der Waals surface area contributed by atoms with E-state index in [4.69, 9.17) is 16.3 Å². The molecule has 3 rings (SSSR count). The number of carbonyl (C=O) groups is 2. The van der Waals surface area contributed by atoms with Crippen molar-refractivity contribution in [2.24, 2.45) is 0 Å². The Morgan fingerprint density at radius 1 is 1.27 bits per heavy atom. The van der Waals surface area contributed by atoms with E-state index in [0.29, 0.717) is 33.8 Å². The van der Waals surface area contributed by atoms with Gasteiger partial charge >= 0.3 is 5.97 Å². The van der Waals surface area contributed by atoms with Gasteiger partial charge in [0.05, 0.1) is 18.0 Å². The highest BCUT2D eigenvalue weighted by Gasteiger charge is 2.28. The van der Waals surface area contributed by atoms with Crippen LogP contribution in [0.3, 0.4) is 0 Å². The molecule has 0 amide bonds. The Morgan fingerprint density at radius 3 is 2.67 bits per heavy atom. The third-order valence-electron chi connectivity index (χ3n) is 5.12. The van der Waals surface area contributed by atoms with Gasteiger partial charge in [-0.2, -0.15) is 0 Å². The number of rotatable bonds is 6. The first-order valence-electron chi connectivity index (χ1n) is 9.76. The number of halogens is 2. The summed E-state index contributed by atoms with van der Waals surface area (Å²) in [6.45, 7) is 5.65. The summed E-state index contributed by atoms with van der Waals surface area (Å²) in [5.41, 5.74) is 1.56. The molecule has 7 heteroatoms. The number of hydrogen-bond acceptors (Lipinski definition) is 4. The van der Waals surface area contributed by atoms with E-state index >= 15 is 0 Å². The van der Waals surface area contributed by atoms with Crippen molar-refractivity contribution >= 4 is 34.4 Å². The van der Waals surface area contributed by atoms with Gasteiger partial charge in [0.1, 0.15) is 0 Å². The molecule has 1 heterocycles. The summed E-state index contributed by atoms with van der Waals surface area (Å²) in [4.78, 5) is 25.8. The molecule has 0 bridgehead atoms. The summed E-state index contributed by atoms with van der Waals surface area (Å²) >= 11 is 6.02. The number of phenolic OH excluding ortho intramolecular Hbond substituents is 1. The fourth-order valence-electron chi connectivity index (χ4n) is 3.57. The maximum absolute atomic E-state index is 14.2. The number of unbranched alkanes of at least 4 members (excludes halogenated alkanes) is 1. The number of ether oxygens (including phenoxy) is 1. The van der Waals surface area contributed by atoms with E-state index < -0.39 is 29.4 Å². The van der Waals surface area contributed by atoms with Crippen LogP contribution in [-0.2, 0) is 9.53 Å². The maximum atomic E-state index is 14.2. The van der Waals surface area contributed by atoms with E-state index in [-0.39, 0.29) is 5.52 Å². The zero-order valence-electron chi connectivity index (χ0n) is 17.0. The summed E-state index contributed by atoms with van der Waals surface area (Å²) in [7, 11) is 0. The molecule has 1 aromatic heterocycles. The second-order valence-electron chi connectivity index (χ2n) is 7.21. The maximum Gasteiger partial charge on any atom is 0.313 e. The van der Waals surface area contributed by atoms with Crippen molar-refractivity contribution in [2.75, 3.05) is 6.61 Å². The van der Waals surface area contributed by atoms with Crippen LogP contribution in [0.25, 0.3) is 10.9 Å². The Kier molecular flexibility index (Phi) is 6.46. The number of phenols is 1. The van der Waals surface area contributed by atoms with Crippen molar-refractivity contribution < 1.29 is 23.8 Å². The van der Waals surface area contributed by atoms with Crippen molar-refractivity contribution in [3.8, 4) is 5.75 Å². The highest BCUT2D eigenvalue weighted by molar-refractivity contribution is 6.31. The van der Waals surface area contributed by atoms with Gasteiger partial charge in [0.15, 0.2) is 11.6 Å². The SMILES string of the molecule is CCCCOC(=O)C(C)c1c(C)n(C(=O)c2cccc(Cl)c2)c2cc(F)c(O)cc12. The number of fused-ring (bicyclic) bond motifs is 1. The minimum atomic E-state index is -0.857. The van der Waals surface area contributed by atoms with Gasteiger partial charge in [-0.3, -0.25) is 14.2 Å². The molecule has 1 atom stereocenters. The number of carbonyl (C=O) groups excluding carboxylic acids is 2. The fourth-order valence-corrected chi connectivity index (χ4v) is 3.76. The average Bonchev–Trinajstić information content (AvgIpc) is 2.98. The van der Waals surface area contributed by atoms with Crippen molar-refractivity contribution in [2.45, 2.75) is 39.5 Å².